The third-order valence-corrected chi connectivity index (χ3v) is 5.80. The number of nitrogens with zero attached hydrogens (tertiary/aromatic N) is 2. The van der Waals surface area contributed by atoms with Crippen molar-refractivity contribution in [2.24, 2.45) is 0 Å². The van der Waals surface area contributed by atoms with E-state index in [0.717, 1.165) is 17.0 Å². The number of nitrogen functional groups attached to an aromatic ring is 1. The number of hydrogen-bond acceptors (Lipinski definition) is 7. The van der Waals surface area contributed by atoms with Crippen molar-refractivity contribution in [1.82, 2.24) is 9.97 Å². The van der Waals surface area contributed by atoms with E-state index in [2.05, 4.69) is 14.7 Å². The number of sulfonamides is 1. The quantitative estimate of drug-likeness (QED) is 0.894. The van der Waals surface area contributed by atoms with Crippen molar-refractivity contribution in [3.05, 3.63) is 16.8 Å². The number of anilines is 2. The van der Waals surface area contributed by atoms with Crippen molar-refractivity contribution < 1.29 is 8.42 Å². The first-order valence-electron chi connectivity index (χ1n) is 4.56. The Hall–Kier alpha value is -1.19. The maximum absolute atomic E-state index is 12.0. The smallest absolute Gasteiger partial charge is 0.275 e. The van der Waals surface area contributed by atoms with Gasteiger partial charge in [-0.15, -0.1) is 11.3 Å². The van der Waals surface area contributed by atoms with Crippen LogP contribution in [0.5, 0.6) is 0 Å². The van der Waals surface area contributed by atoms with E-state index in [1.807, 2.05) is 0 Å². The molecule has 2 heterocycles. The molecule has 6 nitrogen and oxygen atoms in total. The van der Waals surface area contributed by atoms with Gasteiger partial charge in [-0.1, -0.05) is 11.3 Å². The second-order valence-corrected chi connectivity index (χ2v) is 7.09. The van der Waals surface area contributed by atoms with Gasteiger partial charge in [0.1, 0.15) is 0 Å². The first-order chi connectivity index (χ1) is 7.88. The fourth-order valence-electron chi connectivity index (χ4n) is 1.21. The van der Waals surface area contributed by atoms with Crippen LogP contribution < -0.4 is 10.5 Å². The fourth-order valence-corrected chi connectivity index (χ4v) is 4.46. The predicted octanol–water partition coefficient (Wildman–Crippen LogP) is 1.60. The molecule has 0 spiro atoms. The molecule has 0 saturated carbocycles. The molecule has 2 aromatic heterocycles. The summed E-state index contributed by atoms with van der Waals surface area (Å²) >= 11 is 2.18. The summed E-state index contributed by atoms with van der Waals surface area (Å²) in [5.74, 6) is 0. The van der Waals surface area contributed by atoms with Crippen LogP contribution in [0, 0.1) is 13.8 Å². The average Bonchev–Trinajstić information content (AvgIpc) is 2.72. The molecule has 9 heteroatoms. The maximum Gasteiger partial charge on any atom is 0.275 e. The van der Waals surface area contributed by atoms with Crippen molar-refractivity contribution in [3.63, 3.8) is 0 Å². The van der Waals surface area contributed by atoms with E-state index < -0.39 is 10.0 Å². The Balaban J connectivity index is 2.34. The molecule has 2 rings (SSSR count). The van der Waals surface area contributed by atoms with Crippen LogP contribution >= 0.6 is 22.7 Å². The van der Waals surface area contributed by atoms with Crippen molar-refractivity contribution >= 4 is 43.0 Å². The SMILES string of the molecule is Cc1csc(NS(=O)(=O)c2sc(N)nc2C)n1. The number of aromatic nitrogens is 2. The van der Waals surface area contributed by atoms with Crippen LogP contribution in [0.2, 0.25) is 0 Å². The van der Waals surface area contributed by atoms with Gasteiger partial charge in [0.2, 0.25) is 0 Å². The van der Waals surface area contributed by atoms with Gasteiger partial charge in [0, 0.05) is 5.38 Å². The Morgan fingerprint density at radius 3 is 2.53 bits per heavy atom. The van der Waals surface area contributed by atoms with Gasteiger partial charge in [-0.2, -0.15) is 0 Å². The fraction of sp³-hybridized carbons (Fsp3) is 0.250. The van der Waals surface area contributed by atoms with Gasteiger partial charge in [-0.3, -0.25) is 4.72 Å². The van der Waals surface area contributed by atoms with Crippen LogP contribution in [0.3, 0.4) is 0 Å². The van der Waals surface area contributed by atoms with E-state index in [4.69, 9.17) is 5.73 Å². The standard InChI is InChI=1S/C8H10N4O2S3/c1-4-3-15-8(10-4)12-17(13,14)6-5(2)11-7(9)16-6/h3H,1-2H3,(H2,9,11)(H,10,12). The molecule has 92 valence electrons. The van der Waals surface area contributed by atoms with E-state index in [0.29, 0.717) is 10.8 Å². The summed E-state index contributed by atoms with van der Waals surface area (Å²) in [5.41, 5.74) is 6.64. The highest BCUT2D eigenvalue weighted by Gasteiger charge is 2.22. The average molecular weight is 290 g/mol. The van der Waals surface area contributed by atoms with Crippen molar-refractivity contribution in [1.29, 1.82) is 0 Å². The first kappa shape index (κ1) is 12.3. The number of aryl methyl sites for hydroxylation is 2. The summed E-state index contributed by atoms with van der Waals surface area (Å²) in [5, 5.41) is 2.35. The number of thiazole rings is 2. The zero-order valence-electron chi connectivity index (χ0n) is 9.09. The molecular weight excluding hydrogens is 280 g/mol. The van der Waals surface area contributed by atoms with Gasteiger partial charge in [0.05, 0.1) is 11.4 Å². The van der Waals surface area contributed by atoms with Gasteiger partial charge >= 0.3 is 0 Å². The normalized spacial score (nSPS) is 11.6. The van der Waals surface area contributed by atoms with E-state index in [-0.39, 0.29) is 9.34 Å². The number of hydrogen-bond donors (Lipinski definition) is 2. The highest BCUT2D eigenvalue weighted by molar-refractivity contribution is 7.95. The molecule has 0 unspecified atom stereocenters. The molecule has 0 bridgehead atoms. The second kappa shape index (κ2) is 4.24. The van der Waals surface area contributed by atoms with Crippen molar-refractivity contribution in [3.8, 4) is 0 Å². The highest BCUT2D eigenvalue weighted by atomic mass is 32.2. The van der Waals surface area contributed by atoms with E-state index >= 15 is 0 Å². The molecule has 0 aliphatic rings. The molecular formula is C8H10N4O2S3. The topological polar surface area (TPSA) is 98.0 Å². The molecule has 0 aromatic carbocycles. The molecule has 0 aliphatic carbocycles. The second-order valence-electron chi connectivity index (χ2n) is 3.32. The minimum atomic E-state index is -3.64. The van der Waals surface area contributed by atoms with Crippen molar-refractivity contribution in [2.45, 2.75) is 18.1 Å². The van der Waals surface area contributed by atoms with Gasteiger partial charge in [0.15, 0.2) is 14.5 Å². The molecule has 0 radical (unpaired) electrons. The monoisotopic (exact) mass is 290 g/mol. The Morgan fingerprint density at radius 1 is 1.35 bits per heavy atom. The Kier molecular flexibility index (Phi) is 3.06. The lowest BCUT2D eigenvalue weighted by atomic mass is 10.6. The van der Waals surface area contributed by atoms with Crippen LogP contribution in [0.1, 0.15) is 11.4 Å². The Morgan fingerprint density at radius 2 is 2.06 bits per heavy atom. The van der Waals surface area contributed by atoms with Crippen LogP contribution in [0.15, 0.2) is 9.59 Å². The van der Waals surface area contributed by atoms with Crippen LogP contribution in [0.4, 0.5) is 10.3 Å². The molecule has 0 aliphatic heterocycles. The Labute approximate surface area is 107 Å². The largest absolute Gasteiger partial charge is 0.375 e. The molecule has 2 aromatic rings. The predicted molar refractivity (Wildman–Crippen MR) is 68.9 cm³/mol. The summed E-state index contributed by atoms with van der Waals surface area (Å²) in [7, 11) is -3.64. The number of nitrogens with two attached hydrogens (primary N) is 1. The molecule has 0 atom stereocenters. The van der Waals surface area contributed by atoms with Crippen LogP contribution in [-0.2, 0) is 10.0 Å². The maximum atomic E-state index is 12.0. The lowest BCUT2D eigenvalue weighted by Crippen LogP contribution is -2.12. The minimum absolute atomic E-state index is 0.128. The molecule has 0 amide bonds. The van der Waals surface area contributed by atoms with Crippen molar-refractivity contribution in [2.75, 3.05) is 10.5 Å². The lowest BCUT2D eigenvalue weighted by molar-refractivity contribution is 0.602. The van der Waals surface area contributed by atoms with E-state index in [1.165, 1.54) is 11.3 Å². The van der Waals surface area contributed by atoms with E-state index in [9.17, 15) is 8.42 Å². The van der Waals surface area contributed by atoms with Crippen LogP contribution in [0.25, 0.3) is 0 Å². The number of nitrogens with one attached hydrogen (secondary N) is 1. The third kappa shape index (κ3) is 2.56. The van der Waals surface area contributed by atoms with Gasteiger partial charge in [0.25, 0.3) is 10.0 Å². The third-order valence-electron chi connectivity index (χ3n) is 1.86. The Bertz CT molecular complexity index is 644. The highest BCUT2D eigenvalue weighted by Crippen LogP contribution is 2.27. The van der Waals surface area contributed by atoms with Gasteiger partial charge in [-0.25, -0.2) is 18.4 Å². The van der Waals surface area contributed by atoms with E-state index in [1.54, 1.807) is 19.2 Å². The first-order valence-corrected chi connectivity index (χ1v) is 7.74. The molecule has 3 N–H and O–H groups in total. The van der Waals surface area contributed by atoms with Gasteiger partial charge < -0.3 is 5.73 Å². The van der Waals surface area contributed by atoms with Gasteiger partial charge in [-0.05, 0) is 13.8 Å². The summed E-state index contributed by atoms with van der Waals surface area (Å²) in [4.78, 5) is 7.92. The summed E-state index contributed by atoms with van der Waals surface area (Å²) in [6.45, 7) is 3.40. The minimum Gasteiger partial charge on any atom is -0.375 e. The molecule has 0 fully saturated rings. The summed E-state index contributed by atoms with van der Waals surface area (Å²) < 4.78 is 26.6. The summed E-state index contributed by atoms with van der Waals surface area (Å²) in [6, 6.07) is 0. The number of rotatable bonds is 3. The summed E-state index contributed by atoms with van der Waals surface area (Å²) in [6.07, 6.45) is 0. The zero-order chi connectivity index (χ0) is 12.6. The zero-order valence-corrected chi connectivity index (χ0v) is 11.5. The molecule has 17 heavy (non-hydrogen) atoms. The lowest BCUT2D eigenvalue weighted by Gasteiger charge is -2.02. The van der Waals surface area contributed by atoms with Crippen LogP contribution in [-0.4, -0.2) is 18.4 Å². The molecule has 0 saturated heterocycles.